The van der Waals surface area contributed by atoms with E-state index in [0.717, 1.165) is 47.5 Å². The lowest BCUT2D eigenvalue weighted by molar-refractivity contribution is -0.139. The Labute approximate surface area is 242 Å². The number of nitrogens with zero attached hydrogens (tertiary/aromatic N) is 2. The van der Waals surface area contributed by atoms with Crippen molar-refractivity contribution in [2.45, 2.75) is 69.5 Å². The summed E-state index contributed by atoms with van der Waals surface area (Å²) in [6.07, 6.45) is 5.12. The quantitative estimate of drug-likeness (QED) is 0.332. The number of hydrogen-bond acceptors (Lipinski definition) is 4. The molecule has 212 valence electrons. The summed E-state index contributed by atoms with van der Waals surface area (Å²) in [5.41, 5.74) is 2.10. The fourth-order valence-corrected chi connectivity index (χ4v) is 6.67. The van der Waals surface area contributed by atoms with E-state index >= 15 is 0 Å². The van der Waals surface area contributed by atoms with Crippen molar-refractivity contribution in [3.8, 4) is 0 Å². The van der Waals surface area contributed by atoms with E-state index in [0.29, 0.717) is 0 Å². The average molecular weight is 582 g/mol. The van der Waals surface area contributed by atoms with Gasteiger partial charge in [-0.1, -0.05) is 91.0 Å². The second kappa shape index (κ2) is 13.3. The highest BCUT2D eigenvalue weighted by Gasteiger charge is 2.33. The molecule has 0 aliphatic heterocycles. The SMILES string of the molecule is Cc1ccc(CN(C(=O)CN(c2ccccc2Cl)S(=O)(=O)c2ccccc2)[C@H](C)C(=O)NC2CCCCC2)cc1. The van der Waals surface area contributed by atoms with Crippen molar-refractivity contribution in [3.05, 3.63) is 95.0 Å². The van der Waals surface area contributed by atoms with Crippen LogP contribution < -0.4 is 9.62 Å². The normalized spacial score (nSPS) is 14.8. The van der Waals surface area contributed by atoms with Crippen molar-refractivity contribution in [1.82, 2.24) is 10.2 Å². The van der Waals surface area contributed by atoms with Crippen LogP contribution in [-0.4, -0.2) is 43.8 Å². The van der Waals surface area contributed by atoms with Crippen molar-refractivity contribution in [3.63, 3.8) is 0 Å². The van der Waals surface area contributed by atoms with Crippen molar-refractivity contribution in [2.24, 2.45) is 0 Å². The zero-order valence-corrected chi connectivity index (χ0v) is 24.5. The number of anilines is 1. The van der Waals surface area contributed by atoms with E-state index in [1.165, 1.54) is 17.0 Å². The number of halogens is 1. The molecular weight excluding hydrogens is 546 g/mol. The van der Waals surface area contributed by atoms with Crippen LogP contribution >= 0.6 is 11.6 Å². The molecule has 2 amide bonds. The highest BCUT2D eigenvalue weighted by atomic mass is 35.5. The predicted octanol–water partition coefficient (Wildman–Crippen LogP) is 5.71. The number of rotatable bonds is 10. The average Bonchev–Trinajstić information content (AvgIpc) is 2.96. The maximum Gasteiger partial charge on any atom is 0.264 e. The second-order valence-electron chi connectivity index (χ2n) is 10.3. The summed E-state index contributed by atoms with van der Waals surface area (Å²) < 4.78 is 28.7. The van der Waals surface area contributed by atoms with E-state index in [9.17, 15) is 18.0 Å². The molecule has 1 saturated carbocycles. The molecule has 1 N–H and O–H groups in total. The van der Waals surface area contributed by atoms with Crippen LogP contribution in [0.1, 0.15) is 50.2 Å². The Hall–Kier alpha value is -3.36. The number of nitrogens with one attached hydrogen (secondary N) is 1. The number of para-hydroxylation sites is 1. The Kier molecular flexibility index (Phi) is 9.87. The highest BCUT2D eigenvalue weighted by Crippen LogP contribution is 2.30. The van der Waals surface area contributed by atoms with Crippen molar-refractivity contribution < 1.29 is 18.0 Å². The molecule has 0 bridgehead atoms. The minimum absolute atomic E-state index is 0.0379. The van der Waals surface area contributed by atoms with Gasteiger partial charge in [-0.15, -0.1) is 0 Å². The Morgan fingerprint density at radius 2 is 1.55 bits per heavy atom. The first-order valence-electron chi connectivity index (χ1n) is 13.6. The molecule has 1 atom stereocenters. The van der Waals surface area contributed by atoms with Gasteiger partial charge in [0.05, 0.1) is 15.6 Å². The first-order valence-corrected chi connectivity index (χ1v) is 15.5. The standard InChI is InChI=1S/C31H36ClN3O4S/c1-23-17-19-25(20-18-23)21-34(24(2)31(37)33-26-11-5-3-6-12-26)30(36)22-35(29-16-10-9-15-28(29)32)40(38,39)27-13-7-4-8-14-27/h4,7-10,13-20,24,26H,3,5-6,11-12,21-22H2,1-2H3,(H,33,37)/t24-/m1/s1. The maximum absolute atomic E-state index is 14.0. The number of carbonyl (C=O) groups excluding carboxylic acids is 2. The smallest absolute Gasteiger partial charge is 0.264 e. The van der Waals surface area contributed by atoms with Crippen molar-refractivity contribution >= 4 is 39.1 Å². The van der Waals surface area contributed by atoms with Gasteiger partial charge in [-0.2, -0.15) is 0 Å². The molecule has 9 heteroatoms. The molecule has 1 aliphatic carbocycles. The molecule has 4 rings (SSSR count). The fraction of sp³-hybridized carbons (Fsp3) is 0.355. The summed E-state index contributed by atoms with van der Waals surface area (Å²) in [4.78, 5) is 28.9. The minimum Gasteiger partial charge on any atom is -0.352 e. The molecule has 0 aromatic heterocycles. The predicted molar refractivity (Wildman–Crippen MR) is 159 cm³/mol. The first-order chi connectivity index (χ1) is 19.2. The maximum atomic E-state index is 14.0. The number of sulfonamides is 1. The van der Waals surface area contributed by atoms with E-state index in [2.05, 4.69) is 5.32 Å². The number of aryl methyl sites for hydroxylation is 1. The van der Waals surface area contributed by atoms with E-state index in [1.807, 2.05) is 31.2 Å². The highest BCUT2D eigenvalue weighted by molar-refractivity contribution is 7.92. The molecule has 7 nitrogen and oxygen atoms in total. The molecule has 0 spiro atoms. The van der Waals surface area contributed by atoms with Gasteiger partial charge < -0.3 is 10.2 Å². The molecule has 0 saturated heterocycles. The third kappa shape index (κ3) is 7.23. The first kappa shape index (κ1) is 29.6. The lowest BCUT2D eigenvalue weighted by atomic mass is 9.95. The number of benzene rings is 3. The summed E-state index contributed by atoms with van der Waals surface area (Å²) >= 11 is 6.45. The van der Waals surface area contributed by atoms with Crippen molar-refractivity contribution in [1.29, 1.82) is 0 Å². The third-order valence-electron chi connectivity index (χ3n) is 7.32. The van der Waals surface area contributed by atoms with Crippen LogP contribution in [0.15, 0.2) is 83.8 Å². The molecule has 3 aromatic rings. The molecule has 3 aromatic carbocycles. The van der Waals surface area contributed by atoms with Crippen LogP contribution in [0.25, 0.3) is 0 Å². The van der Waals surface area contributed by atoms with E-state index in [-0.39, 0.29) is 34.1 Å². The molecule has 0 unspecified atom stereocenters. The van der Waals surface area contributed by atoms with Crippen LogP contribution in [0.5, 0.6) is 0 Å². The van der Waals surface area contributed by atoms with Crippen LogP contribution in [0.3, 0.4) is 0 Å². The lowest BCUT2D eigenvalue weighted by Crippen LogP contribution is -2.53. The molecule has 0 heterocycles. The van der Waals surface area contributed by atoms with Gasteiger partial charge in [0.1, 0.15) is 12.6 Å². The second-order valence-corrected chi connectivity index (χ2v) is 12.6. The van der Waals surface area contributed by atoms with Gasteiger partial charge >= 0.3 is 0 Å². The summed E-state index contributed by atoms with van der Waals surface area (Å²) in [7, 11) is -4.15. The Bertz CT molecular complexity index is 1410. The lowest BCUT2D eigenvalue weighted by Gasteiger charge is -2.33. The Morgan fingerprint density at radius 1 is 0.925 bits per heavy atom. The Balaban J connectivity index is 1.67. The van der Waals surface area contributed by atoms with E-state index < -0.39 is 28.5 Å². The number of carbonyl (C=O) groups is 2. The van der Waals surface area contributed by atoms with E-state index in [4.69, 9.17) is 11.6 Å². The van der Waals surface area contributed by atoms with Gasteiger partial charge in [-0.05, 0) is 56.5 Å². The third-order valence-corrected chi connectivity index (χ3v) is 9.42. The Morgan fingerprint density at radius 3 is 2.20 bits per heavy atom. The molecule has 1 fully saturated rings. The van der Waals surface area contributed by atoms with Gasteiger partial charge in [0.15, 0.2) is 0 Å². The summed E-state index contributed by atoms with van der Waals surface area (Å²) in [6, 6.07) is 21.4. The largest absolute Gasteiger partial charge is 0.352 e. The fourth-order valence-electron chi connectivity index (χ4n) is 4.93. The molecule has 1 aliphatic rings. The van der Waals surface area contributed by atoms with E-state index in [1.54, 1.807) is 49.4 Å². The van der Waals surface area contributed by atoms with Crippen LogP contribution in [-0.2, 0) is 26.2 Å². The van der Waals surface area contributed by atoms with Gasteiger partial charge in [0.2, 0.25) is 11.8 Å². The molecule has 40 heavy (non-hydrogen) atoms. The zero-order valence-electron chi connectivity index (χ0n) is 22.9. The topological polar surface area (TPSA) is 86.8 Å². The van der Waals surface area contributed by atoms with Crippen LogP contribution in [0, 0.1) is 6.92 Å². The van der Waals surface area contributed by atoms with Gasteiger partial charge in [0.25, 0.3) is 10.0 Å². The van der Waals surface area contributed by atoms with Gasteiger partial charge in [0, 0.05) is 12.6 Å². The van der Waals surface area contributed by atoms with Crippen molar-refractivity contribution in [2.75, 3.05) is 10.8 Å². The monoisotopic (exact) mass is 581 g/mol. The minimum atomic E-state index is -4.15. The summed E-state index contributed by atoms with van der Waals surface area (Å²) in [5, 5.41) is 3.31. The molecule has 0 radical (unpaired) electrons. The van der Waals surface area contributed by atoms with Crippen LogP contribution in [0.4, 0.5) is 5.69 Å². The number of amides is 2. The number of hydrogen-bond donors (Lipinski definition) is 1. The molecular formula is C31H36ClN3O4S. The zero-order chi connectivity index (χ0) is 28.7. The van der Waals surface area contributed by atoms with Gasteiger partial charge in [-0.25, -0.2) is 8.42 Å². The summed E-state index contributed by atoms with van der Waals surface area (Å²) in [5.74, 6) is -0.756. The van der Waals surface area contributed by atoms with Gasteiger partial charge in [-0.3, -0.25) is 13.9 Å². The van der Waals surface area contributed by atoms with Crippen LogP contribution in [0.2, 0.25) is 5.02 Å². The summed E-state index contributed by atoms with van der Waals surface area (Å²) in [6.45, 7) is 3.30.